The molecule has 5 aromatic rings. The fraction of sp³-hybridized carbons (Fsp3) is 0.534. The molecule has 4 heterocycles. The highest BCUT2D eigenvalue weighted by Gasteiger charge is 2.40. The van der Waals surface area contributed by atoms with Crippen LogP contribution in [0.25, 0.3) is 21.8 Å². The topological polar surface area (TPSA) is 542 Å². The molecule has 110 heavy (non-hydrogen) atoms. The highest BCUT2D eigenvalue weighted by Crippen LogP contribution is 2.31. The van der Waals surface area contributed by atoms with Gasteiger partial charge in [0.25, 0.3) is 0 Å². The molecule has 19 N–H and O–H groups in total. The number of aromatic amines is 3. The molecule has 12 amide bonds. The van der Waals surface area contributed by atoms with Gasteiger partial charge < -0.3 is 99.2 Å². The minimum atomic E-state index is -1.94. The summed E-state index contributed by atoms with van der Waals surface area (Å²) in [5, 5.41) is 72.5. The van der Waals surface area contributed by atoms with Crippen LogP contribution in [0.3, 0.4) is 0 Å². The van der Waals surface area contributed by atoms with Gasteiger partial charge in [0.05, 0.1) is 31.3 Å². The van der Waals surface area contributed by atoms with Gasteiger partial charge in [0.15, 0.2) is 6.04 Å². The zero-order valence-electron chi connectivity index (χ0n) is 63.1. The molecule has 6 rings (SSSR count). The Morgan fingerprint density at radius 3 is 1.57 bits per heavy atom. The minimum absolute atomic E-state index is 0.0428. The molecule has 3 aromatic heterocycles. The molecule has 37 heteroatoms. The Morgan fingerprint density at radius 2 is 1.06 bits per heavy atom. The van der Waals surface area contributed by atoms with Crippen molar-refractivity contribution < 1.29 is 92.3 Å². The van der Waals surface area contributed by atoms with E-state index in [4.69, 9.17) is 0 Å². The molecule has 1 saturated heterocycles. The standard InChI is InChI=1S/C73H102N16O19S2/c1-35(2)22-49-63(98)77-31-56(91)80-48(20-21-57(92)93)64(99)83-50(23-36(3)4)68(103)88-59(37(5)6)71(106)85-52(25-41-29-76-47-19-15-13-17-44(41)47)66(101)87-55(70(105)89-60(39(8)90)72(107)108)33-110-109-32-54(86-62(97)45(27-58(94)95)73(9,10)11)69(104)79-38(7)61(96)81-51(24-40-28-75-46-18-14-12-16-43(40)46)65(100)84-53(67(102)82-49)26-42-30-74-34-78-42/h12-19,28-30,34-39,45,48-55,59-60,75-76,90H,20-27,31-33H2,1-11H3,(H,74,78)(H,77,98)(H,79,104)(H,80,91)(H,81,96)(H,82,102)(H,83,99)(H,84,100)(H,85,106)(H,86,97)(H,87,101)(H,88,103)(H,89,105)(H,92,93)(H,94,95)(H,107,108)/t38-,39+,45-,48-,49-,50-,51-,52-,53-,54-,55-,59-,60-/m0/s1. The predicted molar refractivity (Wildman–Crippen MR) is 406 cm³/mol. The summed E-state index contributed by atoms with van der Waals surface area (Å²) in [4.78, 5) is 225. The third-order valence-corrected chi connectivity index (χ3v) is 20.5. The zero-order valence-corrected chi connectivity index (χ0v) is 64.8. The maximum absolute atomic E-state index is 15.1. The first-order chi connectivity index (χ1) is 51.8. The second-order valence-electron chi connectivity index (χ2n) is 29.5. The summed E-state index contributed by atoms with van der Waals surface area (Å²) in [7, 11) is 1.63. The van der Waals surface area contributed by atoms with Crippen molar-refractivity contribution in [3.8, 4) is 0 Å². The number of carboxylic acid groups (broad SMARTS) is 3. The van der Waals surface area contributed by atoms with Gasteiger partial charge in [0, 0.05) is 83.3 Å². The molecule has 2 aromatic carbocycles. The van der Waals surface area contributed by atoms with Crippen LogP contribution in [0.4, 0.5) is 0 Å². The van der Waals surface area contributed by atoms with Crippen molar-refractivity contribution in [2.75, 3.05) is 18.1 Å². The fourth-order valence-corrected chi connectivity index (χ4v) is 14.4. The molecule has 1 aliphatic heterocycles. The van der Waals surface area contributed by atoms with Crippen molar-refractivity contribution in [1.82, 2.24) is 83.7 Å². The monoisotopic (exact) mass is 1570 g/mol. The third-order valence-electron chi connectivity index (χ3n) is 18.1. The van der Waals surface area contributed by atoms with Crippen LogP contribution in [0.5, 0.6) is 0 Å². The smallest absolute Gasteiger partial charge is 0.328 e. The molecule has 600 valence electrons. The number of nitrogens with one attached hydrogen (secondary N) is 15. The summed E-state index contributed by atoms with van der Waals surface area (Å²) < 4.78 is 0. The van der Waals surface area contributed by atoms with Crippen LogP contribution in [-0.4, -0.2) is 220 Å². The number of hydrogen-bond donors (Lipinski definition) is 19. The van der Waals surface area contributed by atoms with Gasteiger partial charge in [-0.3, -0.25) is 67.1 Å². The number of H-pyrrole nitrogens is 3. The highest BCUT2D eigenvalue weighted by molar-refractivity contribution is 8.76. The van der Waals surface area contributed by atoms with E-state index in [1.54, 1.807) is 123 Å². The fourth-order valence-electron chi connectivity index (χ4n) is 12.1. The number of aromatic nitrogens is 4. The molecular formula is C73H102N16O19S2. The first kappa shape index (κ1) is 88.3. The van der Waals surface area contributed by atoms with E-state index in [-0.39, 0.29) is 43.9 Å². The van der Waals surface area contributed by atoms with Crippen molar-refractivity contribution in [3.63, 3.8) is 0 Å². The Bertz CT molecular complexity index is 4100. The van der Waals surface area contributed by atoms with Gasteiger partial charge in [-0.05, 0) is 79.5 Å². The van der Waals surface area contributed by atoms with Crippen LogP contribution < -0.4 is 63.8 Å². The van der Waals surface area contributed by atoms with E-state index in [0.29, 0.717) is 38.6 Å². The number of aliphatic carboxylic acids is 3. The lowest BCUT2D eigenvalue weighted by molar-refractivity contribution is -0.145. The average molecular weight is 1570 g/mol. The number of fused-ring (bicyclic) bond motifs is 2. The molecular weight excluding hydrogens is 1470 g/mol. The molecule has 0 radical (unpaired) electrons. The van der Waals surface area contributed by atoms with Gasteiger partial charge in [0.1, 0.15) is 60.4 Å². The lowest BCUT2D eigenvalue weighted by Gasteiger charge is -2.30. The van der Waals surface area contributed by atoms with Crippen molar-refractivity contribution in [2.24, 2.45) is 29.1 Å². The number of rotatable bonds is 22. The van der Waals surface area contributed by atoms with Gasteiger partial charge in [-0.25, -0.2) is 9.78 Å². The summed E-state index contributed by atoms with van der Waals surface area (Å²) in [5.74, 6) is -19.8. The molecule has 0 unspecified atom stereocenters. The van der Waals surface area contributed by atoms with E-state index in [1.807, 2.05) is 0 Å². The summed E-state index contributed by atoms with van der Waals surface area (Å²) >= 11 is 0. The van der Waals surface area contributed by atoms with E-state index in [1.165, 1.54) is 19.4 Å². The van der Waals surface area contributed by atoms with E-state index in [2.05, 4.69) is 83.7 Å². The Morgan fingerprint density at radius 1 is 0.564 bits per heavy atom. The highest BCUT2D eigenvalue weighted by atomic mass is 33.1. The molecule has 13 atom stereocenters. The second kappa shape index (κ2) is 41.3. The van der Waals surface area contributed by atoms with Gasteiger partial charge >= 0.3 is 17.9 Å². The maximum atomic E-state index is 15.1. The molecule has 1 fully saturated rings. The van der Waals surface area contributed by atoms with E-state index >= 15 is 9.59 Å². The molecule has 1 aliphatic rings. The quantitative estimate of drug-likeness (QED) is 0.0419. The number of nitrogens with zero attached hydrogens (tertiary/aromatic N) is 1. The zero-order chi connectivity index (χ0) is 81.4. The Balaban J connectivity index is 1.46. The first-order valence-corrected chi connectivity index (χ1v) is 38.6. The Hall–Kier alpha value is -10.6. The van der Waals surface area contributed by atoms with Gasteiger partial charge in [-0.15, -0.1) is 0 Å². The number of benzene rings is 2. The summed E-state index contributed by atoms with van der Waals surface area (Å²) in [6.07, 6.45) is 1.34. The van der Waals surface area contributed by atoms with Crippen LogP contribution in [0.1, 0.15) is 125 Å². The lowest BCUT2D eigenvalue weighted by atomic mass is 9.78. The number of carbonyl (C=O) groups is 15. The summed E-state index contributed by atoms with van der Waals surface area (Å²) in [6, 6.07) is -3.67. The largest absolute Gasteiger partial charge is 0.481 e. The third kappa shape index (κ3) is 26.9. The van der Waals surface area contributed by atoms with Gasteiger partial charge in [-0.2, -0.15) is 0 Å². The van der Waals surface area contributed by atoms with Crippen molar-refractivity contribution >= 4 is 132 Å². The second-order valence-corrected chi connectivity index (χ2v) is 32.0. The van der Waals surface area contributed by atoms with Crippen molar-refractivity contribution in [3.05, 3.63) is 90.3 Å². The normalized spacial score (nSPS) is 23.1. The number of carbonyl (C=O) groups excluding carboxylic acids is 12. The van der Waals surface area contributed by atoms with E-state index in [0.717, 1.165) is 28.5 Å². The SMILES string of the molecule is CC(C)C[C@@H]1NC(=O)[C@H](Cc2cnc[nH]2)NC(=O)[C@H](Cc2c[nH]c3ccccc23)NC(=O)[C@H](C)NC(=O)[C@@H](NC(=O)[C@H](CC(=O)O)C(C)(C)C)CSSC[C@@H](C(=O)N[C@H](C(=O)O)[C@@H](C)O)NC(=O)[C@H](Cc2c[nH]c3ccccc23)NC(=O)[C@H](C(C)C)NC(=O)[C@H](CC(C)C)NC(=O)[C@H](CCC(=O)O)NC(=O)CNC1=O. The predicted octanol–water partition coefficient (Wildman–Crippen LogP) is 0.479. The van der Waals surface area contributed by atoms with Crippen molar-refractivity contribution in [1.29, 1.82) is 0 Å². The number of carboxylic acids is 3. The van der Waals surface area contributed by atoms with Crippen LogP contribution >= 0.6 is 21.6 Å². The maximum Gasteiger partial charge on any atom is 0.328 e. The summed E-state index contributed by atoms with van der Waals surface area (Å²) in [5.41, 5.74) is 1.57. The Labute approximate surface area is 642 Å². The lowest BCUT2D eigenvalue weighted by Crippen LogP contribution is -2.61. The average Bonchev–Trinajstić information content (AvgIpc) is 1.70. The van der Waals surface area contributed by atoms with Crippen LogP contribution in [0, 0.1) is 29.1 Å². The van der Waals surface area contributed by atoms with Crippen LogP contribution in [-0.2, 0) is 91.2 Å². The van der Waals surface area contributed by atoms with E-state index < -0.39 is 216 Å². The number of para-hydroxylation sites is 2. The number of aliphatic hydroxyl groups is 1. The molecule has 35 nitrogen and oxygen atoms in total. The summed E-state index contributed by atoms with van der Waals surface area (Å²) in [6.45, 7) is 16.4. The first-order valence-electron chi connectivity index (χ1n) is 36.1. The molecule has 0 aliphatic carbocycles. The van der Waals surface area contributed by atoms with Crippen molar-refractivity contribution in [2.45, 2.75) is 200 Å². The van der Waals surface area contributed by atoms with Crippen LogP contribution in [0.15, 0.2) is 73.4 Å². The number of hydrogen-bond acceptors (Lipinski definition) is 19. The molecule has 0 spiro atoms. The van der Waals surface area contributed by atoms with E-state index in [9.17, 15) is 82.8 Å². The number of aliphatic hydroxyl groups excluding tert-OH is 1. The minimum Gasteiger partial charge on any atom is -0.481 e. The van der Waals surface area contributed by atoms with Gasteiger partial charge in [-0.1, -0.05) is 120 Å². The number of imidazole rings is 1. The Kier molecular flexibility index (Phi) is 33.2. The molecule has 0 bridgehead atoms. The number of amides is 12. The van der Waals surface area contributed by atoms with Gasteiger partial charge in [0.2, 0.25) is 70.9 Å². The molecule has 0 saturated carbocycles. The van der Waals surface area contributed by atoms with Crippen LogP contribution in [0.2, 0.25) is 0 Å².